The SMILES string of the molecule is CN(C)C(=O)[C@H]1CCCN(C(=O)NCc2ccc3c(c2)OCO3)C1. The molecule has 2 aliphatic heterocycles. The summed E-state index contributed by atoms with van der Waals surface area (Å²) in [4.78, 5) is 27.8. The highest BCUT2D eigenvalue weighted by molar-refractivity contribution is 5.80. The van der Waals surface area contributed by atoms with Crippen molar-refractivity contribution in [2.45, 2.75) is 19.4 Å². The fourth-order valence-electron chi connectivity index (χ4n) is 3.07. The zero-order valence-electron chi connectivity index (χ0n) is 14.1. The first-order chi connectivity index (χ1) is 11.5. The van der Waals surface area contributed by atoms with Crippen LogP contribution >= 0.6 is 0 Å². The molecule has 2 heterocycles. The largest absolute Gasteiger partial charge is 0.454 e. The molecule has 0 saturated carbocycles. The molecule has 3 amide bonds. The van der Waals surface area contributed by atoms with Crippen LogP contribution in [0, 0.1) is 5.92 Å². The van der Waals surface area contributed by atoms with Crippen molar-refractivity contribution in [2.75, 3.05) is 34.0 Å². The molecule has 0 bridgehead atoms. The number of carbonyl (C=O) groups excluding carboxylic acids is 2. The molecule has 0 aromatic heterocycles. The minimum Gasteiger partial charge on any atom is -0.454 e. The lowest BCUT2D eigenvalue weighted by Crippen LogP contribution is -2.48. The number of nitrogens with zero attached hydrogens (tertiary/aromatic N) is 2. The summed E-state index contributed by atoms with van der Waals surface area (Å²) in [5.41, 5.74) is 0.950. The predicted octanol–water partition coefficient (Wildman–Crippen LogP) is 1.43. The quantitative estimate of drug-likeness (QED) is 0.908. The van der Waals surface area contributed by atoms with Crippen molar-refractivity contribution in [3.63, 3.8) is 0 Å². The first-order valence-electron chi connectivity index (χ1n) is 8.17. The molecule has 7 heteroatoms. The number of benzene rings is 1. The van der Waals surface area contributed by atoms with Gasteiger partial charge in [0.15, 0.2) is 11.5 Å². The molecule has 0 spiro atoms. The number of urea groups is 1. The van der Waals surface area contributed by atoms with Gasteiger partial charge in [0.25, 0.3) is 0 Å². The fourth-order valence-corrected chi connectivity index (χ4v) is 3.07. The minimum atomic E-state index is -0.135. The van der Waals surface area contributed by atoms with Crippen LogP contribution in [-0.4, -0.2) is 55.7 Å². The maximum Gasteiger partial charge on any atom is 0.317 e. The Morgan fingerprint density at radius 3 is 2.88 bits per heavy atom. The van der Waals surface area contributed by atoms with E-state index in [2.05, 4.69) is 5.32 Å². The van der Waals surface area contributed by atoms with Gasteiger partial charge < -0.3 is 24.6 Å². The van der Waals surface area contributed by atoms with E-state index in [1.54, 1.807) is 23.9 Å². The van der Waals surface area contributed by atoms with E-state index in [4.69, 9.17) is 9.47 Å². The molecule has 7 nitrogen and oxygen atoms in total. The average molecular weight is 333 g/mol. The summed E-state index contributed by atoms with van der Waals surface area (Å²) in [6, 6.07) is 5.49. The van der Waals surface area contributed by atoms with E-state index in [0.29, 0.717) is 25.4 Å². The molecule has 0 aliphatic carbocycles. The molecular formula is C17H23N3O4. The van der Waals surface area contributed by atoms with Crippen molar-refractivity contribution in [1.29, 1.82) is 0 Å². The van der Waals surface area contributed by atoms with Gasteiger partial charge in [-0.15, -0.1) is 0 Å². The molecule has 1 aromatic carbocycles. The van der Waals surface area contributed by atoms with E-state index in [1.807, 2.05) is 18.2 Å². The first-order valence-corrected chi connectivity index (χ1v) is 8.17. The van der Waals surface area contributed by atoms with Gasteiger partial charge in [-0.3, -0.25) is 4.79 Å². The van der Waals surface area contributed by atoms with Crippen LogP contribution in [-0.2, 0) is 11.3 Å². The van der Waals surface area contributed by atoms with Crippen LogP contribution in [0.4, 0.5) is 4.79 Å². The van der Waals surface area contributed by atoms with Crippen LogP contribution in [0.15, 0.2) is 18.2 Å². The van der Waals surface area contributed by atoms with Gasteiger partial charge in [0, 0.05) is 33.7 Å². The van der Waals surface area contributed by atoms with Gasteiger partial charge in [-0.05, 0) is 30.5 Å². The van der Waals surface area contributed by atoms with E-state index >= 15 is 0 Å². The number of carbonyl (C=O) groups is 2. The Hall–Kier alpha value is -2.44. The number of piperidine rings is 1. The van der Waals surface area contributed by atoms with Crippen LogP contribution in [0.3, 0.4) is 0 Å². The third kappa shape index (κ3) is 3.55. The number of fused-ring (bicyclic) bond motifs is 1. The summed E-state index contributed by atoms with van der Waals surface area (Å²) in [6.07, 6.45) is 1.69. The lowest BCUT2D eigenvalue weighted by Gasteiger charge is -2.33. The van der Waals surface area contributed by atoms with Crippen LogP contribution < -0.4 is 14.8 Å². The fraction of sp³-hybridized carbons (Fsp3) is 0.529. The number of hydrogen-bond acceptors (Lipinski definition) is 4. The van der Waals surface area contributed by atoms with Crippen LogP contribution in [0.5, 0.6) is 11.5 Å². The average Bonchev–Trinajstić information content (AvgIpc) is 3.06. The Morgan fingerprint density at radius 2 is 2.08 bits per heavy atom. The molecule has 1 atom stereocenters. The van der Waals surface area contributed by atoms with Gasteiger partial charge in [-0.1, -0.05) is 6.07 Å². The van der Waals surface area contributed by atoms with Crippen molar-refractivity contribution in [3.8, 4) is 11.5 Å². The Bertz CT molecular complexity index is 632. The Morgan fingerprint density at radius 1 is 1.29 bits per heavy atom. The first kappa shape index (κ1) is 16.4. The summed E-state index contributed by atoms with van der Waals surface area (Å²) < 4.78 is 10.6. The summed E-state index contributed by atoms with van der Waals surface area (Å²) in [7, 11) is 3.50. The maximum atomic E-state index is 12.4. The lowest BCUT2D eigenvalue weighted by molar-refractivity contribution is -0.134. The molecule has 130 valence electrons. The molecule has 1 N–H and O–H groups in total. The van der Waals surface area contributed by atoms with Gasteiger partial charge in [-0.2, -0.15) is 0 Å². The minimum absolute atomic E-state index is 0.0864. The van der Waals surface area contributed by atoms with Crippen molar-refractivity contribution >= 4 is 11.9 Å². The summed E-state index contributed by atoms with van der Waals surface area (Å²) in [5, 5.41) is 2.91. The number of likely N-dealkylation sites (tertiary alicyclic amines) is 1. The second kappa shape index (κ2) is 6.98. The van der Waals surface area contributed by atoms with E-state index in [1.165, 1.54) is 0 Å². The zero-order chi connectivity index (χ0) is 17.1. The number of amides is 3. The third-order valence-electron chi connectivity index (χ3n) is 4.38. The third-order valence-corrected chi connectivity index (χ3v) is 4.38. The highest BCUT2D eigenvalue weighted by atomic mass is 16.7. The second-order valence-corrected chi connectivity index (χ2v) is 6.36. The number of rotatable bonds is 3. The molecule has 1 aromatic rings. The van der Waals surface area contributed by atoms with Crippen LogP contribution in [0.1, 0.15) is 18.4 Å². The number of hydrogen-bond donors (Lipinski definition) is 1. The standard InChI is InChI=1S/C17H23N3O4/c1-19(2)16(21)13-4-3-7-20(10-13)17(22)18-9-12-5-6-14-15(8-12)24-11-23-14/h5-6,8,13H,3-4,7,9-11H2,1-2H3,(H,18,22)/t13-/m0/s1. The highest BCUT2D eigenvalue weighted by Gasteiger charge is 2.29. The molecule has 24 heavy (non-hydrogen) atoms. The normalized spacial score (nSPS) is 19.1. The van der Waals surface area contributed by atoms with Gasteiger partial charge >= 0.3 is 6.03 Å². The second-order valence-electron chi connectivity index (χ2n) is 6.36. The Labute approximate surface area is 141 Å². The highest BCUT2D eigenvalue weighted by Crippen LogP contribution is 2.32. The van der Waals surface area contributed by atoms with E-state index in [-0.39, 0.29) is 24.6 Å². The Balaban J connectivity index is 1.54. The number of ether oxygens (including phenoxy) is 2. The number of nitrogens with one attached hydrogen (secondary N) is 1. The Kier molecular flexibility index (Phi) is 4.78. The van der Waals surface area contributed by atoms with E-state index < -0.39 is 0 Å². The van der Waals surface area contributed by atoms with Crippen molar-refractivity contribution < 1.29 is 19.1 Å². The smallest absolute Gasteiger partial charge is 0.317 e. The van der Waals surface area contributed by atoms with Gasteiger partial charge in [0.05, 0.1) is 5.92 Å². The summed E-state index contributed by atoms with van der Waals surface area (Å²) in [6.45, 7) is 1.81. The monoisotopic (exact) mass is 333 g/mol. The van der Waals surface area contributed by atoms with Crippen molar-refractivity contribution in [3.05, 3.63) is 23.8 Å². The summed E-state index contributed by atoms with van der Waals surface area (Å²) in [5.74, 6) is 1.41. The summed E-state index contributed by atoms with van der Waals surface area (Å²) >= 11 is 0. The lowest BCUT2D eigenvalue weighted by atomic mass is 9.97. The van der Waals surface area contributed by atoms with Crippen molar-refractivity contribution in [2.24, 2.45) is 5.92 Å². The van der Waals surface area contributed by atoms with E-state index in [0.717, 1.165) is 24.2 Å². The molecule has 3 rings (SSSR count). The predicted molar refractivity (Wildman–Crippen MR) is 87.8 cm³/mol. The molecule has 1 fully saturated rings. The molecule has 0 unspecified atom stereocenters. The van der Waals surface area contributed by atoms with Crippen LogP contribution in [0.25, 0.3) is 0 Å². The van der Waals surface area contributed by atoms with Crippen LogP contribution in [0.2, 0.25) is 0 Å². The topological polar surface area (TPSA) is 71.1 Å². The molecule has 0 radical (unpaired) electrons. The zero-order valence-corrected chi connectivity index (χ0v) is 14.1. The molecular weight excluding hydrogens is 310 g/mol. The van der Waals surface area contributed by atoms with Crippen molar-refractivity contribution in [1.82, 2.24) is 15.1 Å². The molecule has 1 saturated heterocycles. The van der Waals surface area contributed by atoms with E-state index in [9.17, 15) is 9.59 Å². The van der Waals surface area contributed by atoms with Gasteiger partial charge in [0.1, 0.15) is 0 Å². The molecule has 2 aliphatic rings. The maximum absolute atomic E-state index is 12.4. The van der Waals surface area contributed by atoms with Gasteiger partial charge in [0.2, 0.25) is 12.7 Å². The van der Waals surface area contributed by atoms with Gasteiger partial charge in [-0.25, -0.2) is 4.79 Å².